The van der Waals surface area contributed by atoms with Gasteiger partial charge in [0.05, 0.1) is 5.69 Å². The molecule has 24 heavy (non-hydrogen) atoms. The summed E-state index contributed by atoms with van der Waals surface area (Å²) in [4.78, 5) is 29.7. The molecule has 2 heterocycles. The Kier molecular flexibility index (Phi) is 4.15. The number of nitrogens with one attached hydrogen (secondary N) is 1. The van der Waals surface area contributed by atoms with Crippen molar-refractivity contribution >= 4 is 22.2 Å². The number of hydrogen-bond acceptors (Lipinski definition) is 4. The van der Waals surface area contributed by atoms with E-state index >= 15 is 0 Å². The van der Waals surface area contributed by atoms with Crippen molar-refractivity contribution in [2.24, 2.45) is 0 Å². The Labute approximate surface area is 139 Å². The molecule has 8 heteroatoms. The summed E-state index contributed by atoms with van der Waals surface area (Å²) >= 11 is 1.22. The van der Waals surface area contributed by atoms with Crippen LogP contribution >= 0.6 is 11.3 Å². The Balaban J connectivity index is 2.07. The number of thiazole rings is 1. The minimum Gasteiger partial charge on any atom is -0.354 e. The lowest BCUT2D eigenvalue weighted by molar-refractivity contribution is 0.0956. The Morgan fingerprint density at radius 2 is 2.04 bits per heavy atom. The molecule has 0 fully saturated rings. The van der Waals surface area contributed by atoms with E-state index in [-0.39, 0.29) is 23.6 Å². The van der Waals surface area contributed by atoms with Crippen LogP contribution in [0, 0.1) is 18.6 Å². The average molecular weight is 349 g/mol. The number of aryl methyl sites for hydroxylation is 1. The summed E-state index contributed by atoms with van der Waals surface area (Å²) in [5.41, 5.74) is 0.801. The first-order valence-electron chi connectivity index (χ1n) is 7.08. The smallest absolute Gasteiger partial charge is 0.269 e. The first-order chi connectivity index (χ1) is 11.4. The number of amides is 1. The quantitative estimate of drug-likeness (QED) is 0.789. The number of carbonyl (C=O) groups excluding carboxylic acids is 1. The first kappa shape index (κ1) is 16.3. The van der Waals surface area contributed by atoms with E-state index in [2.05, 4.69) is 10.3 Å². The first-order valence-corrected chi connectivity index (χ1v) is 7.90. The lowest BCUT2D eigenvalue weighted by Gasteiger charge is -2.04. The number of aromatic nitrogens is 2. The number of hydrogen-bond donors (Lipinski definition) is 1. The third-order valence-corrected chi connectivity index (χ3v) is 4.51. The van der Waals surface area contributed by atoms with E-state index in [0.29, 0.717) is 21.1 Å². The van der Waals surface area contributed by atoms with Crippen molar-refractivity contribution in [2.45, 2.75) is 13.3 Å². The minimum absolute atomic E-state index is 0.190. The van der Waals surface area contributed by atoms with Gasteiger partial charge < -0.3 is 5.32 Å². The Morgan fingerprint density at radius 3 is 2.71 bits per heavy atom. The van der Waals surface area contributed by atoms with E-state index in [0.717, 1.165) is 12.1 Å². The van der Waals surface area contributed by atoms with E-state index < -0.39 is 11.6 Å². The molecular formula is C16H13F2N3O2S. The minimum atomic E-state index is -0.945. The standard InChI is InChI=1S/C16H13F2N3O2S/c1-8-14(15(23)19-2)21-13(22)7-10(20-16(21)24-8)5-9-3-4-11(17)12(18)6-9/h3-4,6-7H,5H2,1-2H3,(H,19,23). The largest absolute Gasteiger partial charge is 0.354 e. The topological polar surface area (TPSA) is 63.5 Å². The molecule has 0 radical (unpaired) electrons. The molecule has 5 nitrogen and oxygen atoms in total. The van der Waals surface area contributed by atoms with E-state index in [1.54, 1.807) is 6.92 Å². The third kappa shape index (κ3) is 2.80. The molecule has 0 atom stereocenters. The molecule has 0 saturated carbocycles. The Morgan fingerprint density at radius 1 is 1.29 bits per heavy atom. The van der Waals surface area contributed by atoms with Gasteiger partial charge in [0.2, 0.25) is 0 Å². The maximum absolute atomic E-state index is 13.3. The molecule has 0 saturated heterocycles. The van der Waals surface area contributed by atoms with Crippen molar-refractivity contribution in [1.82, 2.24) is 14.7 Å². The predicted molar refractivity (Wildman–Crippen MR) is 86.6 cm³/mol. The second kappa shape index (κ2) is 6.12. The number of benzene rings is 1. The van der Waals surface area contributed by atoms with Crippen LogP contribution in [0.25, 0.3) is 4.96 Å². The summed E-state index contributed by atoms with van der Waals surface area (Å²) in [6.45, 7) is 1.73. The van der Waals surface area contributed by atoms with Crippen molar-refractivity contribution in [2.75, 3.05) is 7.05 Å². The highest BCUT2D eigenvalue weighted by molar-refractivity contribution is 7.17. The van der Waals surface area contributed by atoms with Crippen LogP contribution in [0.3, 0.4) is 0 Å². The van der Waals surface area contributed by atoms with Gasteiger partial charge in [-0.25, -0.2) is 18.2 Å². The zero-order valence-corrected chi connectivity index (χ0v) is 13.7. The van der Waals surface area contributed by atoms with Gasteiger partial charge >= 0.3 is 0 Å². The van der Waals surface area contributed by atoms with Crippen LogP contribution in [0.5, 0.6) is 0 Å². The molecular weight excluding hydrogens is 336 g/mol. The summed E-state index contributed by atoms with van der Waals surface area (Å²) in [6.07, 6.45) is 0.190. The van der Waals surface area contributed by atoms with Crippen molar-refractivity contribution in [3.63, 3.8) is 0 Å². The van der Waals surface area contributed by atoms with Crippen LogP contribution in [0.1, 0.15) is 26.6 Å². The van der Waals surface area contributed by atoms with E-state index in [9.17, 15) is 18.4 Å². The zero-order chi connectivity index (χ0) is 17.4. The average Bonchev–Trinajstić information content (AvgIpc) is 2.86. The summed E-state index contributed by atoms with van der Waals surface area (Å²) < 4.78 is 27.5. The molecule has 0 aliphatic rings. The Hall–Kier alpha value is -2.61. The molecule has 0 aliphatic heterocycles. The van der Waals surface area contributed by atoms with E-state index in [1.165, 1.54) is 34.9 Å². The van der Waals surface area contributed by atoms with Gasteiger partial charge in [-0.2, -0.15) is 0 Å². The Bertz CT molecular complexity index is 1010. The summed E-state index contributed by atoms with van der Waals surface area (Å²) in [5.74, 6) is -2.23. The second-order valence-corrected chi connectivity index (χ2v) is 6.40. The maximum atomic E-state index is 13.3. The van der Waals surface area contributed by atoms with Crippen LogP contribution in [0.4, 0.5) is 8.78 Å². The molecule has 0 spiro atoms. The van der Waals surface area contributed by atoms with Gasteiger partial charge in [0.1, 0.15) is 5.69 Å². The van der Waals surface area contributed by atoms with Crippen molar-refractivity contribution in [1.29, 1.82) is 0 Å². The van der Waals surface area contributed by atoms with Crippen molar-refractivity contribution in [3.05, 3.63) is 68.1 Å². The van der Waals surface area contributed by atoms with Crippen molar-refractivity contribution in [3.8, 4) is 0 Å². The van der Waals surface area contributed by atoms with Gasteiger partial charge in [0, 0.05) is 24.4 Å². The highest BCUT2D eigenvalue weighted by Crippen LogP contribution is 2.20. The number of halogens is 2. The number of carbonyl (C=O) groups is 1. The number of rotatable bonds is 3. The van der Waals surface area contributed by atoms with Crippen LogP contribution in [0.15, 0.2) is 29.1 Å². The third-order valence-electron chi connectivity index (χ3n) is 3.55. The van der Waals surface area contributed by atoms with E-state index in [1.807, 2.05) is 0 Å². The number of fused-ring (bicyclic) bond motifs is 1. The highest BCUT2D eigenvalue weighted by Gasteiger charge is 2.18. The molecule has 3 aromatic rings. The molecule has 3 rings (SSSR count). The molecule has 1 aromatic carbocycles. The van der Waals surface area contributed by atoms with Gasteiger partial charge in [0.15, 0.2) is 16.6 Å². The van der Waals surface area contributed by atoms with Crippen LogP contribution in [-0.2, 0) is 6.42 Å². The van der Waals surface area contributed by atoms with Gasteiger partial charge in [-0.3, -0.25) is 9.59 Å². The normalized spacial score (nSPS) is 11.0. The van der Waals surface area contributed by atoms with Gasteiger partial charge in [-0.15, -0.1) is 11.3 Å². The molecule has 0 aliphatic carbocycles. The lowest BCUT2D eigenvalue weighted by Crippen LogP contribution is -2.25. The summed E-state index contributed by atoms with van der Waals surface area (Å²) in [6, 6.07) is 4.86. The fraction of sp³-hybridized carbons (Fsp3) is 0.188. The van der Waals surface area contributed by atoms with Gasteiger partial charge in [-0.1, -0.05) is 6.07 Å². The van der Waals surface area contributed by atoms with Crippen LogP contribution < -0.4 is 10.9 Å². The molecule has 0 bridgehead atoms. The predicted octanol–water partition coefficient (Wildman–Crippen LogP) is 2.29. The second-order valence-electron chi connectivity index (χ2n) is 5.21. The molecule has 1 amide bonds. The number of nitrogens with zero attached hydrogens (tertiary/aromatic N) is 2. The van der Waals surface area contributed by atoms with E-state index in [4.69, 9.17) is 0 Å². The molecule has 1 N–H and O–H groups in total. The van der Waals surface area contributed by atoms with Gasteiger partial charge in [0.25, 0.3) is 11.5 Å². The fourth-order valence-electron chi connectivity index (χ4n) is 2.45. The van der Waals surface area contributed by atoms with Gasteiger partial charge in [-0.05, 0) is 24.6 Å². The molecule has 2 aromatic heterocycles. The fourth-order valence-corrected chi connectivity index (χ4v) is 3.44. The monoisotopic (exact) mass is 349 g/mol. The maximum Gasteiger partial charge on any atom is 0.269 e. The van der Waals surface area contributed by atoms with Crippen LogP contribution in [0.2, 0.25) is 0 Å². The molecule has 0 unspecified atom stereocenters. The lowest BCUT2D eigenvalue weighted by atomic mass is 10.1. The SMILES string of the molecule is CNC(=O)c1c(C)sc2nc(Cc3ccc(F)c(F)c3)cc(=O)n12. The molecule has 124 valence electrons. The highest BCUT2D eigenvalue weighted by atomic mass is 32.1. The zero-order valence-electron chi connectivity index (χ0n) is 12.9. The van der Waals surface area contributed by atoms with Crippen LogP contribution in [-0.4, -0.2) is 22.3 Å². The van der Waals surface area contributed by atoms with Crippen molar-refractivity contribution < 1.29 is 13.6 Å². The summed E-state index contributed by atoms with van der Waals surface area (Å²) in [5, 5.41) is 2.50. The summed E-state index contributed by atoms with van der Waals surface area (Å²) in [7, 11) is 1.49.